The third kappa shape index (κ3) is 2.55. The van der Waals surface area contributed by atoms with Gasteiger partial charge in [0.05, 0.1) is 0 Å². The van der Waals surface area contributed by atoms with Crippen molar-refractivity contribution in [2.24, 2.45) is 0 Å². The van der Waals surface area contributed by atoms with Crippen LogP contribution >= 0.6 is 22.6 Å². The molecule has 1 fully saturated rings. The molecule has 1 atom stereocenters. The smallest absolute Gasteiger partial charge is 0.253 e. The van der Waals surface area contributed by atoms with Gasteiger partial charge in [-0.05, 0) is 60.3 Å². The van der Waals surface area contributed by atoms with Crippen LogP contribution in [-0.4, -0.2) is 37.0 Å². The van der Waals surface area contributed by atoms with Gasteiger partial charge in [-0.15, -0.1) is 0 Å². The molecule has 2 rings (SSSR count). The molecule has 1 aromatic rings. The average molecular weight is 330 g/mol. The second kappa shape index (κ2) is 5.14. The fourth-order valence-corrected chi connectivity index (χ4v) is 2.31. The molecule has 4 heteroatoms. The van der Waals surface area contributed by atoms with Gasteiger partial charge < -0.3 is 10.2 Å². The minimum atomic E-state index is 0.147. The van der Waals surface area contributed by atoms with Crippen LogP contribution in [0.4, 0.5) is 0 Å². The summed E-state index contributed by atoms with van der Waals surface area (Å²) < 4.78 is 1.16. The normalized spacial score (nSPS) is 20.1. The van der Waals surface area contributed by atoms with Gasteiger partial charge >= 0.3 is 0 Å². The van der Waals surface area contributed by atoms with Gasteiger partial charge in [0, 0.05) is 28.3 Å². The number of carbonyl (C=O) groups is 1. The zero-order chi connectivity index (χ0) is 11.5. The van der Waals surface area contributed by atoms with E-state index >= 15 is 0 Å². The number of rotatable bonds is 2. The van der Waals surface area contributed by atoms with Crippen LogP contribution in [0, 0.1) is 3.57 Å². The van der Waals surface area contributed by atoms with E-state index in [9.17, 15) is 4.79 Å². The van der Waals surface area contributed by atoms with Gasteiger partial charge in [0.25, 0.3) is 5.91 Å². The summed E-state index contributed by atoms with van der Waals surface area (Å²) in [6.45, 7) is 1.68. The van der Waals surface area contributed by atoms with Gasteiger partial charge in [0.2, 0.25) is 0 Å². The molecule has 1 heterocycles. The molecule has 16 heavy (non-hydrogen) atoms. The highest BCUT2D eigenvalue weighted by molar-refractivity contribution is 14.1. The van der Waals surface area contributed by atoms with Gasteiger partial charge in [-0.2, -0.15) is 0 Å². The van der Waals surface area contributed by atoms with Gasteiger partial charge in [0.15, 0.2) is 0 Å². The molecule has 0 radical (unpaired) electrons. The summed E-state index contributed by atoms with van der Waals surface area (Å²) in [5.74, 6) is 0.147. The molecular formula is C12H15IN2O. The Balaban J connectivity index is 2.05. The van der Waals surface area contributed by atoms with E-state index in [4.69, 9.17) is 0 Å². The molecule has 1 saturated heterocycles. The van der Waals surface area contributed by atoms with Crippen molar-refractivity contribution in [1.82, 2.24) is 10.2 Å². The zero-order valence-electron chi connectivity index (χ0n) is 9.24. The quantitative estimate of drug-likeness (QED) is 0.838. The van der Waals surface area contributed by atoms with Crippen LogP contribution in [0.3, 0.4) is 0 Å². The molecule has 1 N–H and O–H groups in total. The maximum atomic E-state index is 12.1. The number of benzene rings is 1. The number of halogens is 1. The predicted molar refractivity (Wildman–Crippen MR) is 72.5 cm³/mol. The standard InChI is InChI=1S/C12H15IN2O/c1-14-11-6-7-15(8-11)12(16)9-2-4-10(13)5-3-9/h2-5,11,14H,6-8H2,1H3/t11-/m1/s1. The highest BCUT2D eigenvalue weighted by Gasteiger charge is 2.25. The fourth-order valence-electron chi connectivity index (χ4n) is 1.96. The number of nitrogens with zero attached hydrogens (tertiary/aromatic N) is 1. The van der Waals surface area contributed by atoms with Crippen molar-refractivity contribution in [3.8, 4) is 0 Å². The number of hydrogen-bond donors (Lipinski definition) is 1. The fraction of sp³-hybridized carbons (Fsp3) is 0.417. The van der Waals surface area contributed by atoms with Crippen LogP contribution in [0.2, 0.25) is 0 Å². The van der Waals surface area contributed by atoms with E-state index in [0.717, 1.165) is 28.6 Å². The monoisotopic (exact) mass is 330 g/mol. The molecule has 1 aliphatic heterocycles. The third-order valence-electron chi connectivity index (χ3n) is 2.97. The highest BCUT2D eigenvalue weighted by atomic mass is 127. The summed E-state index contributed by atoms with van der Waals surface area (Å²) in [5.41, 5.74) is 0.789. The number of amides is 1. The molecule has 0 unspecified atom stereocenters. The highest BCUT2D eigenvalue weighted by Crippen LogP contribution is 2.14. The summed E-state index contributed by atoms with van der Waals surface area (Å²) in [6.07, 6.45) is 1.05. The molecule has 86 valence electrons. The number of likely N-dealkylation sites (N-methyl/N-ethyl adjacent to an activating group) is 1. The Kier molecular flexibility index (Phi) is 3.81. The van der Waals surface area contributed by atoms with Gasteiger partial charge in [0.1, 0.15) is 0 Å². The molecular weight excluding hydrogens is 315 g/mol. The number of carbonyl (C=O) groups excluding carboxylic acids is 1. The lowest BCUT2D eigenvalue weighted by Gasteiger charge is -2.16. The van der Waals surface area contributed by atoms with E-state index in [1.54, 1.807) is 0 Å². The first kappa shape index (κ1) is 11.9. The Morgan fingerprint density at radius 3 is 2.69 bits per heavy atom. The van der Waals surface area contributed by atoms with Crippen molar-refractivity contribution in [3.05, 3.63) is 33.4 Å². The molecule has 0 saturated carbocycles. The molecule has 1 aromatic carbocycles. The molecule has 1 amide bonds. The molecule has 0 bridgehead atoms. The van der Waals surface area contributed by atoms with Crippen molar-refractivity contribution in [2.75, 3.05) is 20.1 Å². The zero-order valence-corrected chi connectivity index (χ0v) is 11.4. The summed E-state index contributed by atoms with van der Waals surface area (Å²) in [6, 6.07) is 8.19. The van der Waals surface area contributed by atoms with Crippen molar-refractivity contribution in [1.29, 1.82) is 0 Å². The van der Waals surface area contributed by atoms with Crippen molar-refractivity contribution >= 4 is 28.5 Å². The van der Waals surface area contributed by atoms with Crippen molar-refractivity contribution in [3.63, 3.8) is 0 Å². The van der Waals surface area contributed by atoms with Crippen LogP contribution < -0.4 is 5.32 Å². The summed E-state index contributed by atoms with van der Waals surface area (Å²) >= 11 is 2.24. The molecule has 0 aromatic heterocycles. The Morgan fingerprint density at radius 2 is 2.12 bits per heavy atom. The Bertz CT molecular complexity index is 377. The van der Waals surface area contributed by atoms with E-state index in [2.05, 4.69) is 27.9 Å². The molecule has 3 nitrogen and oxygen atoms in total. The minimum absolute atomic E-state index is 0.147. The number of likely N-dealkylation sites (tertiary alicyclic amines) is 1. The maximum Gasteiger partial charge on any atom is 0.253 e. The maximum absolute atomic E-state index is 12.1. The van der Waals surface area contributed by atoms with Crippen molar-refractivity contribution in [2.45, 2.75) is 12.5 Å². The van der Waals surface area contributed by atoms with Crippen LogP contribution in [0.15, 0.2) is 24.3 Å². The Morgan fingerprint density at radius 1 is 1.44 bits per heavy atom. The van der Waals surface area contributed by atoms with Gasteiger partial charge in [-0.25, -0.2) is 0 Å². The molecule has 0 spiro atoms. The average Bonchev–Trinajstić information content (AvgIpc) is 2.77. The van der Waals surface area contributed by atoms with Gasteiger partial charge in [-0.3, -0.25) is 4.79 Å². The van der Waals surface area contributed by atoms with E-state index < -0.39 is 0 Å². The summed E-state index contributed by atoms with van der Waals surface area (Å²) in [5, 5.41) is 3.21. The van der Waals surface area contributed by atoms with Crippen LogP contribution in [0.1, 0.15) is 16.8 Å². The Labute approximate surface area is 109 Å². The lowest BCUT2D eigenvalue weighted by atomic mass is 10.2. The van der Waals surface area contributed by atoms with Crippen LogP contribution in [0.25, 0.3) is 0 Å². The number of nitrogens with one attached hydrogen (secondary N) is 1. The molecule has 0 aliphatic carbocycles. The SMILES string of the molecule is CN[C@@H]1CCN(C(=O)c2ccc(I)cc2)C1. The second-order valence-electron chi connectivity index (χ2n) is 4.03. The number of hydrogen-bond acceptors (Lipinski definition) is 2. The topological polar surface area (TPSA) is 32.3 Å². The predicted octanol–water partition coefficient (Wildman–Crippen LogP) is 1.73. The first-order valence-electron chi connectivity index (χ1n) is 5.43. The first-order chi connectivity index (χ1) is 7.70. The molecule has 1 aliphatic rings. The second-order valence-corrected chi connectivity index (χ2v) is 5.28. The van der Waals surface area contributed by atoms with Crippen molar-refractivity contribution < 1.29 is 4.79 Å². The van der Waals surface area contributed by atoms with E-state index in [1.807, 2.05) is 36.2 Å². The lowest BCUT2D eigenvalue weighted by molar-refractivity contribution is 0.0789. The summed E-state index contributed by atoms with van der Waals surface area (Å²) in [7, 11) is 1.95. The van der Waals surface area contributed by atoms with Gasteiger partial charge in [-0.1, -0.05) is 0 Å². The minimum Gasteiger partial charge on any atom is -0.337 e. The Hall–Kier alpha value is -0.620. The first-order valence-corrected chi connectivity index (χ1v) is 6.50. The van der Waals surface area contributed by atoms with Crippen LogP contribution in [0.5, 0.6) is 0 Å². The third-order valence-corrected chi connectivity index (χ3v) is 3.69. The summed E-state index contributed by atoms with van der Waals surface area (Å²) in [4.78, 5) is 14.0. The van der Waals surface area contributed by atoms with E-state index in [0.29, 0.717) is 6.04 Å². The lowest BCUT2D eigenvalue weighted by Crippen LogP contribution is -2.33. The van der Waals surface area contributed by atoms with Crippen LogP contribution in [-0.2, 0) is 0 Å². The largest absolute Gasteiger partial charge is 0.337 e. The van der Waals surface area contributed by atoms with E-state index in [1.165, 1.54) is 0 Å². The van der Waals surface area contributed by atoms with E-state index in [-0.39, 0.29) is 5.91 Å².